The van der Waals surface area contributed by atoms with Crippen molar-refractivity contribution >= 4 is 34.4 Å². The van der Waals surface area contributed by atoms with Crippen LogP contribution in [0.1, 0.15) is 66.4 Å². The van der Waals surface area contributed by atoms with Crippen LogP contribution in [0.2, 0.25) is 0 Å². The lowest BCUT2D eigenvalue weighted by Crippen LogP contribution is -2.26. The largest absolute Gasteiger partial charge is 0.452 e. The second-order valence-corrected chi connectivity index (χ2v) is 9.48. The van der Waals surface area contributed by atoms with Crippen molar-refractivity contribution < 1.29 is 14.3 Å². The van der Waals surface area contributed by atoms with Gasteiger partial charge in [-0.15, -0.1) is 0 Å². The molecule has 170 valence electrons. The zero-order valence-corrected chi connectivity index (χ0v) is 19.7. The highest BCUT2D eigenvalue weighted by Crippen LogP contribution is 2.36. The van der Waals surface area contributed by atoms with Gasteiger partial charge in [0.25, 0.3) is 5.91 Å². The molecule has 0 spiro atoms. The van der Waals surface area contributed by atoms with Gasteiger partial charge in [0.05, 0.1) is 16.8 Å². The van der Waals surface area contributed by atoms with E-state index in [2.05, 4.69) is 56.4 Å². The number of fused-ring (bicyclic) bond motifs is 2. The fourth-order valence-corrected chi connectivity index (χ4v) is 4.26. The molecule has 33 heavy (non-hydrogen) atoms. The Morgan fingerprint density at radius 3 is 2.48 bits per heavy atom. The summed E-state index contributed by atoms with van der Waals surface area (Å²) in [6, 6.07) is 16.2. The Balaban J connectivity index is 1.79. The lowest BCUT2D eigenvalue weighted by molar-refractivity contribution is -0.123. The number of aromatic nitrogens is 1. The Labute approximate surface area is 194 Å². The van der Waals surface area contributed by atoms with Crippen LogP contribution in [-0.4, -0.2) is 30.5 Å². The summed E-state index contributed by atoms with van der Waals surface area (Å²) in [5.41, 5.74) is 6.65. The van der Waals surface area contributed by atoms with E-state index in [1.54, 1.807) is 0 Å². The number of carbonyl (C=O) groups is 2. The van der Waals surface area contributed by atoms with E-state index in [1.807, 2.05) is 24.3 Å². The van der Waals surface area contributed by atoms with Gasteiger partial charge < -0.3 is 10.1 Å². The zero-order chi connectivity index (χ0) is 23.6. The van der Waals surface area contributed by atoms with Gasteiger partial charge in [-0.25, -0.2) is 9.78 Å². The molecule has 1 aliphatic rings. The summed E-state index contributed by atoms with van der Waals surface area (Å²) in [4.78, 5) is 29.7. The van der Waals surface area contributed by atoms with Crippen LogP contribution in [0.5, 0.6) is 0 Å². The molecule has 5 nitrogen and oxygen atoms in total. The van der Waals surface area contributed by atoms with Crippen molar-refractivity contribution in [2.24, 2.45) is 0 Å². The van der Waals surface area contributed by atoms with Crippen molar-refractivity contribution in [2.75, 3.05) is 13.7 Å². The minimum Gasteiger partial charge on any atom is -0.452 e. The number of allylic oxidation sites excluding steroid dienone is 1. The van der Waals surface area contributed by atoms with Crippen LogP contribution in [-0.2, 0) is 21.4 Å². The zero-order valence-electron chi connectivity index (χ0n) is 19.7. The first-order valence-corrected chi connectivity index (χ1v) is 11.4. The average Bonchev–Trinajstić information content (AvgIpc) is 2.81. The fraction of sp³-hybridized carbons (Fsp3) is 0.321. The molecule has 3 aromatic rings. The number of nitrogens with zero attached hydrogens (tertiary/aromatic N) is 1. The maximum absolute atomic E-state index is 13.1. The molecule has 5 heteroatoms. The van der Waals surface area contributed by atoms with Gasteiger partial charge in [0.2, 0.25) is 0 Å². The summed E-state index contributed by atoms with van der Waals surface area (Å²) in [5.74, 6) is -0.820. The maximum Gasteiger partial charge on any atom is 0.339 e. The van der Waals surface area contributed by atoms with E-state index in [0.29, 0.717) is 5.56 Å². The first kappa shape index (κ1) is 22.7. The molecule has 0 aliphatic heterocycles. The quantitative estimate of drug-likeness (QED) is 0.556. The van der Waals surface area contributed by atoms with Crippen molar-refractivity contribution in [3.63, 3.8) is 0 Å². The topological polar surface area (TPSA) is 68.3 Å². The van der Waals surface area contributed by atoms with E-state index in [-0.39, 0.29) is 17.9 Å². The van der Waals surface area contributed by atoms with Crippen LogP contribution in [0.4, 0.5) is 0 Å². The SMILES string of the molecule is CNC(=O)COC(=O)c1c2c(nc3ccccc13)/C(=C\c1ccc(C(C)(C)C)cc1)CCC2. The summed E-state index contributed by atoms with van der Waals surface area (Å²) in [6.07, 6.45) is 4.74. The van der Waals surface area contributed by atoms with E-state index in [0.717, 1.165) is 52.6 Å². The molecule has 0 saturated heterocycles. The molecule has 0 fully saturated rings. The van der Waals surface area contributed by atoms with E-state index in [4.69, 9.17) is 9.72 Å². The molecule has 0 atom stereocenters. The molecule has 0 bridgehead atoms. The second kappa shape index (κ2) is 9.18. The number of hydrogen-bond acceptors (Lipinski definition) is 4. The molecule has 0 unspecified atom stereocenters. The Morgan fingerprint density at radius 2 is 1.79 bits per heavy atom. The van der Waals surface area contributed by atoms with Gasteiger partial charge in [-0.2, -0.15) is 0 Å². The molecule has 2 aromatic carbocycles. The Morgan fingerprint density at radius 1 is 1.06 bits per heavy atom. The standard InChI is InChI=1S/C28H30N2O3/c1-28(2,3)20-14-12-18(13-15-20)16-19-8-7-10-22-25(27(32)33-17-24(31)29-4)21-9-5-6-11-23(21)30-26(19)22/h5-6,9,11-16H,7-8,10,17H2,1-4H3,(H,29,31)/b19-16-. The number of nitrogens with one attached hydrogen (secondary N) is 1. The number of hydrogen-bond donors (Lipinski definition) is 1. The normalized spacial score (nSPS) is 14.7. The lowest BCUT2D eigenvalue weighted by Gasteiger charge is -2.22. The average molecular weight is 443 g/mol. The summed E-state index contributed by atoms with van der Waals surface area (Å²) in [5, 5.41) is 3.24. The van der Waals surface area contributed by atoms with Gasteiger partial charge in [-0.1, -0.05) is 63.2 Å². The highest BCUT2D eigenvalue weighted by Gasteiger charge is 2.26. The van der Waals surface area contributed by atoms with Gasteiger partial charge in [-0.3, -0.25) is 4.79 Å². The highest BCUT2D eigenvalue weighted by molar-refractivity contribution is 6.07. The number of pyridine rings is 1. The number of likely N-dealkylation sites (N-methyl/N-ethyl adjacent to an activating group) is 1. The lowest BCUT2D eigenvalue weighted by atomic mass is 9.85. The van der Waals surface area contributed by atoms with Crippen LogP contribution in [0.25, 0.3) is 22.6 Å². The van der Waals surface area contributed by atoms with Crippen molar-refractivity contribution in [1.29, 1.82) is 0 Å². The summed E-state index contributed by atoms with van der Waals surface area (Å²) < 4.78 is 5.36. The predicted octanol–water partition coefficient (Wildman–Crippen LogP) is 5.31. The molecule has 1 amide bonds. The Hall–Kier alpha value is -3.47. The van der Waals surface area contributed by atoms with Crippen molar-refractivity contribution in [3.8, 4) is 0 Å². The van der Waals surface area contributed by atoms with Gasteiger partial charge in [0, 0.05) is 12.4 Å². The first-order valence-electron chi connectivity index (χ1n) is 11.4. The third kappa shape index (κ3) is 4.82. The fourth-order valence-electron chi connectivity index (χ4n) is 4.26. The summed E-state index contributed by atoms with van der Waals surface area (Å²) >= 11 is 0. The van der Waals surface area contributed by atoms with E-state index in [1.165, 1.54) is 12.6 Å². The number of benzene rings is 2. The van der Waals surface area contributed by atoms with Crippen molar-refractivity contribution in [3.05, 3.63) is 76.5 Å². The molecule has 1 N–H and O–H groups in total. The minimum absolute atomic E-state index is 0.105. The Kier molecular flexibility index (Phi) is 6.32. The molecule has 0 radical (unpaired) electrons. The third-order valence-electron chi connectivity index (χ3n) is 6.11. The third-order valence-corrected chi connectivity index (χ3v) is 6.11. The van der Waals surface area contributed by atoms with Gasteiger partial charge in [-0.05, 0) is 59.1 Å². The van der Waals surface area contributed by atoms with E-state index < -0.39 is 5.97 Å². The van der Waals surface area contributed by atoms with Crippen LogP contribution >= 0.6 is 0 Å². The van der Waals surface area contributed by atoms with Gasteiger partial charge in [0.15, 0.2) is 6.61 Å². The maximum atomic E-state index is 13.1. The summed E-state index contributed by atoms with van der Waals surface area (Å²) in [6.45, 7) is 6.32. The molecule has 1 aliphatic carbocycles. The second-order valence-electron chi connectivity index (χ2n) is 9.48. The monoisotopic (exact) mass is 442 g/mol. The summed E-state index contributed by atoms with van der Waals surface area (Å²) in [7, 11) is 1.52. The Bertz CT molecular complexity index is 1230. The van der Waals surface area contributed by atoms with Crippen LogP contribution in [0.15, 0.2) is 48.5 Å². The molecule has 1 heterocycles. The molecular formula is C28H30N2O3. The van der Waals surface area contributed by atoms with Crippen molar-refractivity contribution in [1.82, 2.24) is 10.3 Å². The van der Waals surface area contributed by atoms with Gasteiger partial charge in [0.1, 0.15) is 0 Å². The smallest absolute Gasteiger partial charge is 0.339 e. The molecule has 1 aromatic heterocycles. The number of para-hydroxylation sites is 1. The van der Waals surface area contributed by atoms with Crippen LogP contribution in [0, 0.1) is 0 Å². The van der Waals surface area contributed by atoms with E-state index in [9.17, 15) is 9.59 Å². The highest BCUT2D eigenvalue weighted by atomic mass is 16.5. The number of esters is 1. The predicted molar refractivity (Wildman–Crippen MR) is 132 cm³/mol. The molecular weight excluding hydrogens is 412 g/mol. The number of ether oxygens (including phenoxy) is 1. The number of amides is 1. The number of carbonyl (C=O) groups excluding carboxylic acids is 2. The van der Waals surface area contributed by atoms with Crippen molar-refractivity contribution in [2.45, 2.75) is 45.4 Å². The number of rotatable bonds is 4. The minimum atomic E-state index is -0.482. The van der Waals surface area contributed by atoms with Gasteiger partial charge >= 0.3 is 5.97 Å². The molecule has 0 saturated carbocycles. The first-order chi connectivity index (χ1) is 15.8. The molecule has 4 rings (SSSR count). The van der Waals surface area contributed by atoms with Crippen LogP contribution < -0.4 is 5.32 Å². The van der Waals surface area contributed by atoms with E-state index >= 15 is 0 Å². The van der Waals surface area contributed by atoms with Crippen LogP contribution in [0.3, 0.4) is 0 Å².